The van der Waals surface area contributed by atoms with E-state index in [-0.39, 0.29) is 6.04 Å². The van der Waals surface area contributed by atoms with Gasteiger partial charge in [0, 0.05) is 0 Å². The van der Waals surface area contributed by atoms with Gasteiger partial charge in [-0.25, -0.2) is 0 Å². The summed E-state index contributed by atoms with van der Waals surface area (Å²) in [6.45, 7) is 3.25. The lowest BCUT2D eigenvalue weighted by Crippen LogP contribution is -2.24. The van der Waals surface area contributed by atoms with Gasteiger partial charge in [0.15, 0.2) is 0 Å². The molecule has 0 aromatic carbocycles. The Kier molecular flexibility index (Phi) is 5.53. The van der Waals surface area contributed by atoms with Crippen molar-refractivity contribution in [3.63, 3.8) is 0 Å². The van der Waals surface area contributed by atoms with E-state index in [9.17, 15) is 0 Å². The molecule has 0 aliphatic heterocycles. The Labute approximate surface area is 110 Å². The van der Waals surface area contributed by atoms with Gasteiger partial charge in [0.05, 0.1) is 12.3 Å². The van der Waals surface area contributed by atoms with Crippen LogP contribution in [-0.4, -0.2) is 6.54 Å². The van der Waals surface area contributed by atoms with Gasteiger partial charge < -0.3 is 9.73 Å². The van der Waals surface area contributed by atoms with Crippen molar-refractivity contribution in [1.82, 2.24) is 5.32 Å². The molecule has 0 bridgehead atoms. The summed E-state index contributed by atoms with van der Waals surface area (Å²) < 4.78 is 5.61. The van der Waals surface area contributed by atoms with E-state index in [1.807, 2.05) is 6.07 Å². The van der Waals surface area contributed by atoms with Gasteiger partial charge in [0.2, 0.25) is 0 Å². The molecule has 2 nitrogen and oxygen atoms in total. The van der Waals surface area contributed by atoms with Crippen LogP contribution in [0.15, 0.2) is 34.5 Å². The molecule has 1 heterocycles. The van der Waals surface area contributed by atoms with Gasteiger partial charge in [-0.15, -0.1) is 0 Å². The van der Waals surface area contributed by atoms with Gasteiger partial charge in [-0.1, -0.05) is 25.8 Å². The van der Waals surface area contributed by atoms with Crippen LogP contribution in [0.1, 0.15) is 63.7 Å². The van der Waals surface area contributed by atoms with Crippen molar-refractivity contribution in [2.75, 3.05) is 6.54 Å². The first-order valence-electron chi connectivity index (χ1n) is 7.37. The highest BCUT2D eigenvalue weighted by molar-refractivity contribution is 5.21. The van der Waals surface area contributed by atoms with Crippen LogP contribution in [0.4, 0.5) is 0 Å². The normalized spacial score (nSPS) is 21.7. The SMILES string of the molecule is CCCNC(/C1=C/CCCCCC1)c1ccco1. The van der Waals surface area contributed by atoms with Gasteiger partial charge >= 0.3 is 0 Å². The number of furan rings is 1. The average Bonchev–Trinajstić information content (AvgIpc) is 2.85. The van der Waals surface area contributed by atoms with Crippen molar-refractivity contribution < 1.29 is 4.42 Å². The van der Waals surface area contributed by atoms with Crippen molar-refractivity contribution in [1.29, 1.82) is 0 Å². The quantitative estimate of drug-likeness (QED) is 0.769. The number of hydrogen-bond donors (Lipinski definition) is 1. The van der Waals surface area contributed by atoms with Crippen molar-refractivity contribution in [2.24, 2.45) is 0 Å². The smallest absolute Gasteiger partial charge is 0.124 e. The molecule has 0 fully saturated rings. The van der Waals surface area contributed by atoms with Crippen LogP contribution in [0.5, 0.6) is 0 Å². The first-order chi connectivity index (χ1) is 8.92. The fourth-order valence-corrected chi connectivity index (χ4v) is 2.64. The Morgan fingerprint density at radius 1 is 1.28 bits per heavy atom. The fraction of sp³-hybridized carbons (Fsp3) is 0.625. The molecule has 1 aromatic rings. The molecule has 1 aliphatic rings. The van der Waals surface area contributed by atoms with Crippen LogP contribution in [0.3, 0.4) is 0 Å². The third kappa shape index (κ3) is 3.74. The predicted octanol–water partition coefficient (Wildman–Crippen LogP) is 4.60. The summed E-state index contributed by atoms with van der Waals surface area (Å²) in [6, 6.07) is 4.37. The zero-order valence-electron chi connectivity index (χ0n) is 11.5. The van der Waals surface area contributed by atoms with E-state index in [0.717, 1.165) is 18.7 Å². The van der Waals surface area contributed by atoms with Crippen LogP contribution in [-0.2, 0) is 0 Å². The van der Waals surface area contributed by atoms with E-state index in [2.05, 4.69) is 24.4 Å². The highest BCUT2D eigenvalue weighted by Gasteiger charge is 2.18. The molecule has 0 spiro atoms. The maximum absolute atomic E-state index is 5.61. The standard InChI is InChI=1S/C16H25NO/c1-2-12-17-16(15-11-8-13-18-15)14-9-6-4-3-5-7-10-14/h8-9,11,13,16-17H,2-7,10,12H2,1H3/b14-9+. The summed E-state index contributed by atoms with van der Waals surface area (Å²) >= 11 is 0. The second-order valence-corrected chi connectivity index (χ2v) is 5.13. The molecule has 1 aromatic heterocycles. The molecule has 1 atom stereocenters. The summed E-state index contributed by atoms with van der Waals surface area (Å²) in [4.78, 5) is 0. The topological polar surface area (TPSA) is 25.2 Å². The number of hydrogen-bond acceptors (Lipinski definition) is 2. The molecule has 1 unspecified atom stereocenters. The van der Waals surface area contributed by atoms with Gasteiger partial charge in [0.25, 0.3) is 0 Å². The Hall–Kier alpha value is -1.02. The van der Waals surface area contributed by atoms with Crippen LogP contribution in [0.2, 0.25) is 0 Å². The molecular formula is C16H25NO. The molecule has 0 saturated heterocycles. The third-order valence-electron chi connectivity index (χ3n) is 3.62. The number of allylic oxidation sites excluding steroid dienone is 1. The van der Waals surface area contributed by atoms with E-state index < -0.39 is 0 Å². The number of nitrogens with one attached hydrogen (secondary N) is 1. The Bertz CT molecular complexity index is 353. The minimum atomic E-state index is 0.290. The molecule has 0 amide bonds. The molecular weight excluding hydrogens is 222 g/mol. The maximum Gasteiger partial charge on any atom is 0.124 e. The average molecular weight is 247 g/mol. The van der Waals surface area contributed by atoms with E-state index in [4.69, 9.17) is 4.42 Å². The molecule has 2 rings (SSSR count). The van der Waals surface area contributed by atoms with Crippen LogP contribution in [0, 0.1) is 0 Å². The van der Waals surface area contributed by atoms with E-state index >= 15 is 0 Å². The largest absolute Gasteiger partial charge is 0.467 e. The van der Waals surface area contributed by atoms with Crippen LogP contribution in [0.25, 0.3) is 0 Å². The summed E-state index contributed by atoms with van der Waals surface area (Å²) in [7, 11) is 0. The fourth-order valence-electron chi connectivity index (χ4n) is 2.64. The Balaban J connectivity index is 2.11. The van der Waals surface area contributed by atoms with Gasteiger partial charge in [-0.05, 0) is 56.4 Å². The van der Waals surface area contributed by atoms with Gasteiger partial charge in [0.1, 0.15) is 5.76 Å². The molecule has 100 valence electrons. The van der Waals surface area contributed by atoms with Crippen molar-refractivity contribution >= 4 is 0 Å². The minimum absolute atomic E-state index is 0.290. The molecule has 1 N–H and O–H groups in total. The zero-order valence-corrected chi connectivity index (χ0v) is 11.5. The van der Waals surface area contributed by atoms with Crippen molar-refractivity contribution in [2.45, 2.75) is 57.9 Å². The first kappa shape index (κ1) is 13.4. The highest BCUT2D eigenvalue weighted by atomic mass is 16.3. The summed E-state index contributed by atoms with van der Waals surface area (Å²) in [5.41, 5.74) is 1.53. The molecule has 2 heteroatoms. The van der Waals surface area contributed by atoms with E-state index in [0.29, 0.717) is 0 Å². The molecule has 0 radical (unpaired) electrons. The van der Waals surface area contributed by atoms with Crippen LogP contribution < -0.4 is 5.32 Å². The first-order valence-corrected chi connectivity index (χ1v) is 7.37. The van der Waals surface area contributed by atoms with Gasteiger partial charge in [-0.2, -0.15) is 0 Å². The lowest BCUT2D eigenvalue weighted by atomic mass is 9.93. The lowest BCUT2D eigenvalue weighted by Gasteiger charge is -2.21. The maximum atomic E-state index is 5.61. The van der Waals surface area contributed by atoms with Crippen LogP contribution >= 0.6 is 0 Å². The second-order valence-electron chi connectivity index (χ2n) is 5.13. The summed E-state index contributed by atoms with van der Waals surface area (Å²) in [5.74, 6) is 1.07. The summed E-state index contributed by atoms with van der Waals surface area (Å²) in [6.07, 6.45) is 13.2. The predicted molar refractivity (Wildman–Crippen MR) is 75.5 cm³/mol. The Morgan fingerprint density at radius 3 is 2.94 bits per heavy atom. The van der Waals surface area contributed by atoms with E-state index in [1.54, 1.807) is 6.26 Å². The summed E-state index contributed by atoms with van der Waals surface area (Å²) in [5, 5.41) is 3.63. The van der Waals surface area contributed by atoms with Crippen molar-refractivity contribution in [3.8, 4) is 0 Å². The minimum Gasteiger partial charge on any atom is -0.467 e. The molecule has 18 heavy (non-hydrogen) atoms. The monoisotopic (exact) mass is 247 g/mol. The molecule has 1 aliphatic carbocycles. The highest BCUT2D eigenvalue weighted by Crippen LogP contribution is 2.29. The van der Waals surface area contributed by atoms with Gasteiger partial charge in [-0.3, -0.25) is 0 Å². The number of rotatable bonds is 5. The molecule has 0 saturated carbocycles. The van der Waals surface area contributed by atoms with E-state index in [1.165, 1.54) is 44.1 Å². The zero-order chi connectivity index (χ0) is 12.6. The van der Waals surface area contributed by atoms with Crippen molar-refractivity contribution in [3.05, 3.63) is 35.8 Å². The second kappa shape index (κ2) is 7.42. The third-order valence-corrected chi connectivity index (χ3v) is 3.62. The Morgan fingerprint density at radius 2 is 2.17 bits per heavy atom. The lowest BCUT2D eigenvalue weighted by molar-refractivity contribution is 0.431.